The zero-order chi connectivity index (χ0) is 18.5. The molecular formula is C19H38N2O2S. The van der Waals surface area contributed by atoms with Gasteiger partial charge in [-0.25, -0.2) is 4.79 Å². The number of amides is 1. The number of ether oxygens (including phenoxy) is 1. The van der Waals surface area contributed by atoms with Crippen LogP contribution in [0.5, 0.6) is 0 Å². The van der Waals surface area contributed by atoms with Crippen LogP contribution in [0.1, 0.15) is 74.7 Å². The lowest BCUT2D eigenvalue weighted by Gasteiger charge is -2.38. The molecule has 1 aliphatic rings. The third kappa shape index (κ3) is 8.61. The molecule has 1 amide bonds. The molecule has 1 unspecified atom stereocenters. The van der Waals surface area contributed by atoms with Crippen LogP contribution in [0.25, 0.3) is 0 Å². The van der Waals surface area contributed by atoms with Crippen molar-refractivity contribution < 1.29 is 9.53 Å². The van der Waals surface area contributed by atoms with Crippen molar-refractivity contribution in [1.82, 2.24) is 9.62 Å². The highest BCUT2D eigenvalue weighted by Gasteiger charge is 2.31. The molecule has 1 rings (SSSR count). The smallest absolute Gasteiger partial charge is 0.410 e. The van der Waals surface area contributed by atoms with Gasteiger partial charge in [0.2, 0.25) is 0 Å². The molecule has 1 fully saturated rings. The molecule has 1 atom stereocenters. The standard InChI is InChI=1S/C19H38N2O2S/c1-14(2)13-16(20-24-19(6,7)8)15-9-11-21(12-10-15)17(22)23-18(3,4)5/h14-16,20H,9-13H2,1-8H3. The van der Waals surface area contributed by atoms with E-state index in [2.05, 4.69) is 39.3 Å². The molecule has 1 heterocycles. The third-order valence-corrected chi connectivity index (χ3v) is 5.04. The normalized spacial score (nSPS) is 18.8. The number of likely N-dealkylation sites (tertiary alicyclic amines) is 1. The van der Waals surface area contributed by atoms with Gasteiger partial charge in [0, 0.05) is 23.9 Å². The Bertz CT molecular complexity index is 391. The Morgan fingerprint density at radius 2 is 1.71 bits per heavy atom. The van der Waals surface area contributed by atoms with Gasteiger partial charge in [-0.1, -0.05) is 25.8 Å². The third-order valence-electron chi connectivity index (χ3n) is 4.00. The maximum atomic E-state index is 12.2. The summed E-state index contributed by atoms with van der Waals surface area (Å²) in [6, 6.07) is 0.509. The topological polar surface area (TPSA) is 41.6 Å². The second-order valence-corrected chi connectivity index (χ2v) is 11.0. The number of rotatable bonds is 5. The van der Waals surface area contributed by atoms with Crippen molar-refractivity contribution in [3.8, 4) is 0 Å². The molecule has 4 nitrogen and oxygen atoms in total. The minimum Gasteiger partial charge on any atom is -0.444 e. The molecule has 0 aromatic rings. The number of carbonyl (C=O) groups excluding carboxylic acids is 1. The first-order chi connectivity index (χ1) is 10.9. The second kappa shape index (κ2) is 8.79. The average Bonchev–Trinajstić information content (AvgIpc) is 2.40. The maximum absolute atomic E-state index is 12.2. The van der Waals surface area contributed by atoms with Crippen LogP contribution in [0.2, 0.25) is 0 Å². The Hall–Kier alpha value is -0.420. The zero-order valence-corrected chi connectivity index (χ0v) is 17.8. The highest BCUT2D eigenvalue weighted by atomic mass is 32.2. The SMILES string of the molecule is CC(C)CC(NSC(C)(C)C)C1CCN(C(=O)OC(C)(C)C)CC1. The summed E-state index contributed by atoms with van der Waals surface area (Å²) >= 11 is 1.84. The van der Waals surface area contributed by atoms with Crippen LogP contribution in [-0.2, 0) is 4.74 Å². The van der Waals surface area contributed by atoms with E-state index in [0.29, 0.717) is 17.9 Å². The average molecular weight is 359 g/mol. The molecule has 142 valence electrons. The molecule has 0 spiro atoms. The Balaban J connectivity index is 2.56. The van der Waals surface area contributed by atoms with Crippen molar-refractivity contribution in [3.05, 3.63) is 0 Å². The van der Waals surface area contributed by atoms with E-state index in [1.165, 1.54) is 6.42 Å². The number of piperidine rings is 1. The van der Waals surface area contributed by atoms with Crippen molar-refractivity contribution in [2.45, 2.75) is 91.0 Å². The van der Waals surface area contributed by atoms with Crippen molar-refractivity contribution in [2.24, 2.45) is 11.8 Å². The van der Waals surface area contributed by atoms with Crippen molar-refractivity contribution >= 4 is 18.0 Å². The predicted octanol–water partition coefficient (Wildman–Crippen LogP) is 5.08. The van der Waals surface area contributed by atoms with E-state index in [-0.39, 0.29) is 10.8 Å². The van der Waals surface area contributed by atoms with E-state index >= 15 is 0 Å². The Morgan fingerprint density at radius 3 is 2.12 bits per heavy atom. The van der Waals surface area contributed by atoms with E-state index in [0.717, 1.165) is 25.9 Å². The highest BCUT2D eigenvalue weighted by molar-refractivity contribution is 7.98. The molecule has 1 N–H and O–H groups in total. The van der Waals surface area contributed by atoms with Crippen molar-refractivity contribution in [1.29, 1.82) is 0 Å². The molecule has 0 radical (unpaired) electrons. The minimum atomic E-state index is -0.418. The molecule has 5 heteroatoms. The fraction of sp³-hybridized carbons (Fsp3) is 0.947. The first-order valence-electron chi connectivity index (χ1n) is 9.29. The summed E-state index contributed by atoms with van der Waals surface area (Å²) in [5.74, 6) is 1.30. The highest BCUT2D eigenvalue weighted by Crippen LogP contribution is 2.29. The summed E-state index contributed by atoms with van der Waals surface area (Å²) in [7, 11) is 0. The number of carbonyl (C=O) groups is 1. The number of nitrogens with one attached hydrogen (secondary N) is 1. The van der Waals surface area contributed by atoms with Gasteiger partial charge in [-0.15, -0.1) is 0 Å². The van der Waals surface area contributed by atoms with Gasteiger partial charge in [-0.05, 0) is 72.6 Å². The first-order valence-corrected chi connectivity index (χ1v) is 10.1. The second-order valence-electron chi connectivity index (χ2n) is 9.37. The van der Waals surface area contributed by atoms with Crippen LogP contribution in [0.4, 0.5) is 4.79 Å². The first kappa shape index (κ1) is 21.6. The van der Waals surface area contributed by atoms with Gasteiger partial charge in [0.1, 0.15) is 5.60 Å². The zero-order valence-electron chi connectivity index (χ0n) is 16.9. The lowest BCUT2D eigenvalue weighted by molar-refractivity contribution is 0.0169. The summed E-state index contributed by atoms with van der Waals surface area (Å²) in [6.07, 6.45) is 3.11. The largest absolute Gasteiger partial charge is 0.444 e. The summed E-state index contributed by atoms with van der Waals surface area (Å²) in [5.41, 5.74) is -0.418. The summed E-state index contributed by atoms with van der Waals surface area (Å²) in [6.45, 7) is 18.6. The number of hydrogen-bond acceptors (Lipinski definition) is 4. The molecule has 0 saturated carbocycles. The summed E-state index contributed by atoms with van der Waals surface area (Å²) in [4.78, 5) is 14.1. The maximum Gasteiger partial charge on any atom is 0.410 e. The van der Waals surface area contributed by atoms with E-state index in [1.807, 2.05) is 37.6 Å². The monoisotopic (exact) mass is 358 g/mol. The lowest BCUT2D eigenvalue weighted by Crippen LogP contribution is -2.46. The quantitative estimate of drug-likeness (QED) is 0.696. The fourth-order valence-electron chi connectivity index (χ4n) is 2.91. The fourth-order valence-corrected chi connectivity index (χ4v) is 3.70. The molecule has 1 aliphatic heterocycles. The molecular weight excluding hydrogens is 320 g/mol. The predicted molar refractivity (Wildman–Crippen MR) is 104 cm³/mol. The van der Waals surface area contributed by atoms with E-state index in [4.69, 9.17) is 4.74 Å². The lowest BCUT2D eigenvalue weighted by atomic mass is 9.85. The molecule has 24 heavy (non-hydrogen) atoms. The van der Waals surface area contributed by atoms with Gasteiger partial charge in [0.25, 0.3) is 0 Å². The van der Waals surface area contributed by atoms with Gasteiger partial charge in [0.15, 0.2) is 0 Å². The van der Waals surface area contributed by atoms with Gasteiger partial charge >= 0.3 is 6.09 Å². The van der Waals surface area contributed by atoms with Crippen LogP contribution in [0, 0.1) is 11.8 Å². The van der Waals surface area contributed by atoms with Gasteiger partial charge in [-0.2, -0.15) is 0 Å². The molecule has 0 aliphatic carbocycles. The number of nitrogens with zero attached hydrogens (tertiary/aromatic N) is 1. The molecule has 0 aromatic carbocycles. The summed E-state index contributed by atoms with van der Waals surface area (Å²) in [5, 5.41) is 0. The van der Waals surface area contributed by atoms with Crippen LogP contribution < -0.4 is 4.72 Å². The minimum absolute atomic E-state index is 0.168. The van der Waals surface area contributed by atoms with Crippen molar-refractivity contribution in [2.75, 3.05) is 13.1 Å². The molecule has 1 saturated heterocycles. The van der Waals surface area contributed by atoms with E-state index in [1.54, 1.807) is 0 Å². The van der Waals surface area contributed by atoms with Gasteiger partial charge in [0.05, 0.1) is 0 Å². The van der Waals surface area contributed by atoms with Crippen molar-refractivity contribution in [3.63, 3.8) is 0 Å². The molecule has 0 bridgehead atoms. The molecule has 0 aromatic heterocycles. The van der Waals surface area contributed by atoms with Crippen LogP contribution in [0.15, 0.2) is 0 Å². The van der Waals surface area contributed by atoms with E-state index < -0.39 is 5.60 Å². The van der Waals surface area contributed by atoms with Gasteiger partial charge < -0.3 is 9.64 Å². The summed E-state index contributed by atoms with van der Waals surface area (Å²) < 4.78 is 9.44. The number of hydrogen-bond donors (Lipinski definition) is 1. The van der Waals surface area contributed by atoms with Crippen LogP contribution in [-0.4, -0.2) is 40.5 Å². The van der Waals surface area contributed by atoms with Crippen LogP contribution >= 0.6 is 11.9 Å². The Labute approximate surface area is 153 Å². The Kier molecular flexibility index (Phi) is 7.92. The van der Waals surface area contributed by atoms with E-state index in [9.17, 15) is 4.79 Å². The van der Waals surface area contributed by atoms with Gasteiger partial charge in [-0.3, -0.25) is 4.72 Å². The van der Waals surface area contributed by atoms with Crippen LogP contribution in [0.3, 0.4) is 0 Å². The Morgan fingerprint density at radius 1 is 1.17 bits per heavy atom.